The molecule has 23 heavy (non-hydrogen) atoms. The normalized spacial score (nSPS) is 10.3. The number of aromatic nitrogens is 1. The van der Waals surface area contributed by atoms with Gasteiger partial charge in [0, 0.05) is 17.7 Å². The average molecular weight is 318 g/mol. The van der Waals surface area contributed by atoms with Gasteiger partial charge in [0.15, 0.2) is 5.69 Å². The Morgan fingerprint density at radius 1 is 1.26 bits per heavy atom. The van der Waals surface area contributed by atoms with Crippen molar-refractivity contribution >= 4 is 11.9 Å². The molecular weight excluding hydrogens is 303 g/mol. The standard InChI is InChI=1S/C16H15FN2O4/c1-9-6-11(7-10-2-4-12(17)5-3-10)15(22)14(19-9)16(23)18-8-13(20)21/h2-6,22H,7-8H2,1H3,(H,18,23)(H,20,21). The number of aliphatic carboxylic acids is 1. The minimum absolute atomic E-state index is 0.233. The predicted molar refractivity (Wildman–Crippen MR) is 79.8 cm³/mol. The summed E-state index contributed by atoms with van der Waals surface area (Å²) in [5.74, 6) is -2.65. The van der Waals surface area contributed by atoms with Gasteiger partial charge in [0.2, 0.25) is 0 Å². The lowest BCUT2D eigenvalue weighted by Crippen LogP contribution is -2.30. The van der Waals surface area contributed by atoms with E-state index in [2.05, 4.69) is 10.3 Å². The first-order chi connectivity index (χ1) is 10.9. The van der Waals surface area contributed by atoms with Crippen LogP contribution in [0.5, 0.6) is 5.75 Å². The number of nitrogens with one attached hydrogen (secondary N) is 1. The van der Waals surface area contributed by atoms with Crippen LogP contribution >= 0.6 is 0 Å². The summed E-state index contributed by atoms with van der Waals surface area (Å²) in [7, 11) is 0. The van der Waals surface area contributed by atoms with Crippen LogP contribution in [0.4, 0.5) is 4.39 Å². The smallest absolute Gasteiger partial charge is 0.322 e. The first-order valence-corrected chi connectivity index (χ1v) is 6.80. The van der Waals surface area contributed by atoms with Crippen molar-refractivity contribution in [3.63, 3.8) is 0 Å². The average Bonchev–Trinajstić information content (AvgIpc) is 2.50. The number of pyridine rings is 1. The SMILES string of the molecule is Cc1cc(Cc2ccc(F)cc2)c(O)c(C(=O)NCC(=O)O)n1. The van der Waals surface area contributed by atoms with Crippen LogP contribution in [-0.2, 0) is 11.2 Å². The number of aryl methyl sites for hydroxylation is 1. The Hall–Kier alpha value is -2.96. The number of hydrogen-bond acceptors (Lipinski definition) is 4. The van der Waals surface area contributed by atoms with Gasteiger partial charge in [-0.3, -0.25) is 9.59 Å². The van der Waals surface area contributed by atoms with E-state index < -0.39 is 18.4 Å². The van der Waals surface area contributed by atoms with E-state index in [9.17, 15) is 19.1 Å². The maximum atomic E-state index is 12.9. The Bertz CT molecular complexity index is 744. The Morgan fingerprint density at radius 2 is 1.91 bits per heavy atom. The molecule has 2 rings (SSSR count). The molecule has 1 amide bonds. The van der Waals surface area contributed by atoms with Crippen LogP contribution in [0.25, 0.3) is 0 Å². The van der Waals surface area contributed by atoms with Crippen LogP contribution in [0, 0.1) is 12.7 Å². The van der Waals surface area contributed by atoms with Gasteiger partial charge in [-0.25, -0.2) is 9.37 Å². The summed E-state index contributed by atoms with van der Waals surface area (Å²) in [5, 5.41) is 21.0. The molecule has 1 aromatic carbocycles. The van der Waals surface area contributed by atoms with Crippen molar-refractivity contribution < 1.29 is 24.2 Å². The zero-order valence-electron chi connectivity index (χ0n) is 12.3. The lowest BCUT2D eigenvalue weighted by molar-refractivity contribution is -0.135. The molecule has 0 radical (unpaired) electrons. The minimum atomic E-state index is -1.20. The molecule has 0 unspecified atom stereocenters. The molecule has 0 fully saturated rings. The largest absolute Gasteiger partial charge is 0.505 e. The van der Waals surface area contributed by atoms with E-state index in [1.807, 2.05) is 0 Å². The number of nitrogens with zero attached hydrogens (tertiary/aromatic N) is 1. The summed E-state index contributed by atoms with van der Waals surface area (Å²) in [4.78, 5) is 26.4. The number of rotatable bonds is 5. The molecule has 0 saturated heterocycles. The quantitative estimate of drug-likeness (QED) is 0.778. The van der Waals surface area contributed by atoms with E-state index in [4.69, 9.17) is 5.11 Å². The molecule has 0 spiro atoms. The van der Waals surface area contributed by atoms with Crippen LogP contribution in [0.3, 0.4) is 0 Å². The number of aromatic hydroxyl groups is 1. The number of halogens is 1. The van der Waals surface area contributed by atoms with E-state index in [0.717, 1.165) is 5.56 Å². The monoisotopic (exact) mass is 318 g/mol. The molecule has 1 heterocycles. The van der Waals surface area contributed by atoms with Gasteiger partial charge in [-0.2, -0.15) is 0 Å². The van der Waals surface area contributed by atoms with Crippen LogP contribution in [0.15, 0.2) is 30.3 Å². The summed E-state index contributed by atoms with van der Waals surface area (Å²) in [6.07, 6.45) is 0.286. The highest BCUT2D eigenvalue weighted by molar-refractivity contribution is 5.96. The van der Waals surface area contributed by atoms with E-state index in [0.29, 0.717) is 11.3 Å². The van der Waals surface area contributed by atoms with E-state index in [1.165, 1.54) is 12.1 Å². The van der Waals surface area contributed by atoms with Gasteiger partial charge in [-0.05, 0) is 30.7 Å². The summed E-state index contributed by atoms with van der Waals surface area (Å²) < 4.78 is 12.9. The molecule has 1 aromatic heterocycles. The first-order valence-electron chi connectivity index (χ1n) is 6.80. The molecular formula is C16H15FN2O4. The Kier molecular flexibility index (Phi) is 4.90. The second-order valence-electron chi connectivity index (χ2n) is 5.00. The molecule has 0 aliphatic rings. The van der Waals surface area contributed by atoms with Gasteiger partial charge < -0.3 is 15.5 Å². The van der Waals surface area contributed by atoms with E-state index in [-0.39, 0.29) is 23.7 Å². The van der Waals surface area contributed by atoms with Gasteiger partial charge in [-0.15, -0.1) is 0 Å². The Labute approximate surface area is 131 Å². The Morgan fingerprint density at radius 3 is 2.52 bits per heavy atom. The van der Waals surface area contributed by atoms with Crippen molar-refractivity contribution in [1.82, 2.24) is 10.3 Å². The van der Waals surface area contributed by atoms with Crippen molar-refractivity contribution in [3.05, 3.63) is 58.7 Å². The highest BCUT2D eigenvalue weighted by Crippen LogP contribution is 2.25. The second-order valence-corrected chi connectivity index (χ2v) is 5.00. The number of amides is 1. The van der Waals surface area contributed by atoms with Crippen molar-refractivity contribution in [2.24, 2.45) is 0 Å². The summed E-state index contributed by atoms with van der Waals surface area (Å²) in [6, 6.07) is 7.39. The zero-order chi connectivity index (χ0) is 17.0. The third-order valence-corrected chi connectivity index (χ3v) is 3.12. The molecule has 0 saturated carbocycles. The molecule has 0 atom stereocenters. The third kappa shape index (κ3) is 4.26. The fraction of sp³-hybridized carbons (Fsp3) is 0.188. The fourth-order valence-corrected chi connectivity index (χ4v) is 2.09. The lowest BCUT2D eigenvalue weighted by atomic mass is 10.0. The van der Waals surface area contributed by atoms with Gasteiger partial charge >= 0.3 is 5.97 Å². The van der Waals surface area contributed by atoms with E-state index >= 15 is 0 Å². The molecule has 7 heteroatoms. The fourth-order valence-electron chi connectivity index (χ4n) is 2.09. The molecule has 0 bridgehead atoms. The maximum absolute atomic E-state index is 12.9. The van der Waals surface area contributed by atoms with Crippen LogP contribution < -0.4 is 5.32 Å². The topological polar surface area (TPSA) is 99.5 Å². The molecule has 0 aliphatic heterocycles. The number of benzene rings is 1. The first kappa shape index (κ1) is 16.4. The number of hydrogen-bond donors (Lipinski definition) is 3. The minimum Gasteiger partial charge on any atom is -0.505 e. The summed E-state index contributed by atoms with van der Waals surface area (Å²) >= 11 is 0. The van der Waals surface area contributed by atoms with Crippen LogP contribution in [0.2, 0.25) is 0 Å². The van der Waals surface area contributed by atoms with E-state index in [1.54, 1.807) is 25.1 Å². The van der Waals surface area contributed by atoms with Gasteiger partial charge in [0.05, 0.1) is 0 Å². The molecule has 120 valence electrons. The van der Waals surface area contributed by atoms with Crippen molar-refractivity contribution in [2.75, 3.05) is 6.54 Å². The molecule has 3 N–H and O–H groups in total. The van der Waals surface area contributed by atoms with Crippen LogP contribution in [-0.4, -0.2) is 33.6 Å². The van der Waals surface area contributed by atoms with Crippen molar-refractivity contribution in [3.8, 4) is 5.75 Å². The summed E-state index contributed by atoms with van der Waals surface area (Å²) in [6.45, 7) is 1.09. The zero-order valence-corrected chi connectivity index (χ0v) is 12.3. The second kappa shape index (κ2) is 6.87. The van der Waals surface area contributed by atoms with Gasteiger partial charge in [0.1, 0.15) is 18.1 Å². The number of carboxylic acids is 1. The molecule has 2 aromatic rings. The molecule has 6 nitrogen and oxygen atoms in total. The van der Waals surface area contributed by atoms with Crippen molar-refractivity contribution in [1.29, 1.82) is 0 Å². The number of carbonyl (C=O) groups excluding carboxylic acids is 1. The van der Waals surface area contributed by atoms with Crippen molar-refractivity contribution in [2.45, 2.75) is 13.3 Å². The van der Waals surface area contributed by atoms with Gasteiger partial charge in [-0.1, -0.05) is 12.1 Å². The highest BCUT2D eigenvalue weighted by atomic mass is 19.1. The summed E-state index contributed by atoms with van der Waals surface area (Å²) in [5.41, 5.74) is 1.47. The number of carboxylic acid groups (broad SMARTS) is 1. The van der Waals surface area contributed by atoms with Gasteiger partial charge in [0.25, 0.3) is 5.91 Å². The van der Waals surface area contributed by atoms with Crippen LogP contribution in [0.1, 0.15) is 27.3 Å². The lowest BCUT2D eigenvalue weighted by Gasteiger charge is -2.11. The number of carbonyl (C=O) groups is 2. The third-order valence-electron chi connectivity index (χ3n) is 3.12. The maximum Gasteiger partial charge on any atom is 0.322 e. The highest BCUT2D eigenvalue weighted by Gasteiger charge is 2.18. The molecule has 0 aliphatic carbocycles. The predicted octanol–water partition coefficient (Wildman–Crippen LogP) is 1.64. The Balaban J connectivity index is 2.28.